The molecule has 19 heavy (non-hydrogen) atoms. The number of anilines is 1. The minimum Gasteiger partial charge on any atom is -0.452 e. The van der Waals surface area contributed by atoms with Gasteiger partial charge in [0.2, 0.25) is 0 Å². The SMILES string of the molecule is O=C(COC(=O)c1cccnc1)Nc1ccncc1. The van der Waals surface area contributed by atoms with Crippen LogP contribution in [0.2, 0.25) is 0 Å². The first-order valence-corrected chi connectivity index (χ1v) is 5.53. The zero-order chi connectivity index (χ0) is 13.5. The van der Waals surface area contributed by atoms with Crippen molar-refractivity contribution < 1.29 is 14.3 Å². The first-order chi connectivity index (χ1) is 9.25. The number of aromatic nitrogens is 2. The van der Waals surface area contributed by atoms with Crippen LogP contribution >= 0.6 is 0 Å². The van der Waals surface area contributed by atoms with Crippen LogP contribution in [0.15, 0.2) is 49.1 Å². The lowest BCUT2D eigenvalue weighted by Gasteiger charge is -2.05. The second-order valence-corrected chi connectivity index (χ2v) is 3.60. The van der Waals surface area contributed by atoms with E-state index in [1.165, 1.54) is 6.20 Å². The first kappa shape index (κ1) is 12.7. The third-order valence-electron chi connectivity index (χ3n) is 2.20. The predicted molar refractivity (Wildman–Crippen MR) is 67.4 cm³/mol. The van der Waals surface area contributed by atoms with Crippen molar-refractivity contribution in [1.82, 2.24) is 9.97 Å². The maximum Gasteiger partial charge on any atom is 0.340 e. The van der Waals surface area contributed by atoms with Crippen molar-refractivity contribution in [2.24, 2.45) is 0 Å². The van der Waals surface area contributed by atoms with Crippen molar-refractivity contribution in [3.8, 4) is 0 Å². The van der Waals surface area contributed by atoms with Gasteiger partial charge in [0.25, 0.3) is 5.91 Å². The molecule has 2 heterocycles. The van der Waals surface area contributed by atoms with Gasteiger partial charge in [-0.05, 0) is 24.3 Å². The largest absolute Gasteiger partial charge is 0.452 e. The summed E-state index contributed by atoms with van der Waals surface area (Å²) in [5, 5.41) is 2.58. The van der Waals surface area contributed by atoms with Crippen LogP contribution in [0.3, 0.4) is 0 Å². The molecule has 0 aliphatic heterocycles. The lowest BCUT2D eigenvalue weighted by atomic mass is 10.3. The standard InChI is InChI=1S/C13H11N3O3/c17-12(16-11-3-6-14-7-4-11)9-19-13(18)10-2-1-5-15-8-10/h1-8H,9H2,(H,14,16,17). The van der Waals surface area contributed by atoms with Crippen LogP contribution in [-0.4, -0.2) is 28.5 Å². The van der Waals surface area contributed by atoms with Crippen LogP contribution in [0, 0.1) is 0 Å². The Kier molecular flexibility index (Phi) is 4.17. The molecule has 6 nitrogen and oxygen atoms in total. The van der Waals surface area contributed by atoms with Gasteiger partial charge in [-0.25, -0.2) is 4.79 Å². The van der Waals surface area contributed by atoms with Crippen LogP contribution in [-0.2, 0) is 9.53 Å². The highest BCUT2D eigenvalue weighted by Gasteiger charge is 2.09. The molecule has 1 N–H and O–H groups in total. The molecule has 0 saturated heterocycles. The van der Waals surface area contributed by atoms with Gasteiger partial charge < -0.3 is 10.1 Å². The zero-order valence-electron chi connectivity index (χ0n) is 9.95. The van der Waals surface area contributed by atoms with Gasteiger partial charge in [0.1, 0.15) is 0 Å². The van der Waals surface area contributed by atoms with Crippen LogP contribution in [0.25, 0.3) is 0 Å². The van der Waals surface area contributed by atoms with Gasteiger partial charge in [0.15, 0.2) is 6.61 Å². The molecule has 2 rings (SSSR count). The Morgan fingerprint density at radius 2 is 1.89 bits per heavy atom. The first-order valence-electron chi connectivity index (χ1n) is 5.53. The molecule has 0 radical (unpaired) electrons. The summed E-state index contributed by atoms with van der Waals surface area (Å²) in [5.41, 5.74) is 0.900. The number of ether oxygens (including phenoxy) is 1. The number of carbonyl (C=O) groups excluding carboxylic acids is 2. The summed E-state index contributed by atoms with van der Waals surface area (Å²) in [6.07, 6.45) is 6.03. The van der Waals surface area contributed by atoms with Gasteiger partial charge in [0, 0.05) is 30.5 Å². The average Bonchev–Trinajstić information content (AvgIpc) is 2.47. The average molecular weight is 257 g/mol. The summed E-state index contributed by atoms with van der Waals surface area (Å²) in [7, 11) is 0. The Balaban J connectivity index is 1.83. The van der Waals surface area contributed by atoms with E-state index in [-0.39, 0.29) is 6.61 Å². The molecule has 1 amide bonds. The minimum absolute atomic E-state index is 0.305. The number of amides is 1. The Labute approximate surface area is 109 Å². The summed E-state index contributed by atoms with van der Waals surface area (Å²) in [6.45, 7) is -0.351. The van der Waals surface area contributed by atoms with Crippen LogP contribution < -0.4 is 5.32 Å². The van der Waals surface area contributed by atoms with Crippen molar-refractivity contribution in [2.75, 3.05) is 11.9 Å². The van der Waals surface area contributed by atoms with E-state index in [0.717, 1.165) is 0 Å². The van der Waals surface area contributed by atoms with Gasteiger partial charge in [-0.15, -0.1) is 0 Å². The number of hydrogen-bond acceptors (Lipinski definition) is 5. The normalized spacial score (nSPS) is 9.68. The molecule has 0 saturated carbocycles. The van der Waals surface area contributed by atoms with Crippen LogP contribution in [0.5, 0.6) is 0 Å². The summed E-state index contributed by atoms with van der Waals surface area (Å²) >= 11 is 0. The molecule has 0 aliphatic carbocycles. The highest BCUT2D eigenvalue weighted by molar-refractivity contribution is 5.95. The number of nitrogens with zero attached hydrogens (tertiary/aromatic N) is 2. The Hall–Kier alpha value is -2.76. The number of esters is 1. The van der Waals surface area contributed by atoms with E-state index >= 15 is 0 Å². The molecule has 0 bridgehead atoms. The fourth-order valence-corrected chi connectivity index (χ4v) is 1.33. The van der Waals surface area contributed by atoms with Gasteiger partial charge in [-0.3, -0.25) is 14.8 Å². The van der Waals surface area contributed by atoms with Gasteiger partial charge in [0.05, 0.1) is 5.56 Å². The third kappa shape index (κ3) is 3.88. The Morgan fingerprint density at radius 3 is 2.58 bits per heavy atom. The number of nitrogens with one attached hydrogen (secondary N) is 1. The number of carbonyl (C=O) groups is 2. The van der Waals surface area contributed by atoms with Crippen LogP contribution in [0.1, 0.15) is 10.4 Å². The molecule has 0 aromatic carbocycles. The molecular weight excluding hydrogens is 246 g/mol. The monoisotopic (exact) mass is 257 g/mol. The van der Waals surface area contributed by atoms with E-state index in [0.29, 0.717) is 11.3 Å². The molecule has 0 unspecified atom stereocenters. The minimum atomic E-state index is -0.585. The Bertz CT molecular complexity index is 558. The lowest BCUT2D eigenvalue weighted by molar-refractivity contribution is -0.119. The predicted octanol–water partition coefficient (Wildman–Crippen LogP) is 1.27. The molecule has 0 spiro atoms. The highest BCUT2D eigenvalue weighted by atomic mass is 16.5. The fraction of sp³-hybridized carbons (Fsp3) is 0.0769. The fourth-order valence-electron chi connectivity index (χ4n) is 1.33. The number of rotatable bonds is 4. The molecule has 2 aromatic rings. The second kappa shape index (κ2) is 6.25. The molecular formula is C13H11N3O3. The Morgan fingerprint density at radius 1 is 1.11 bits per heavy atom. The van der Waals surface area contributed by atoms with E-state index in [1.807, 2.05) is 0 Å². The molecule has 2 aromatic heterocycles. The van der Waals surface area contributed by atoms with E-state index in [9.17, 15) is 9.59 Å². The molecule has 96 valence electrons. The second-order valence-electron chi connectivity index (χ2n) is 3.60. The molecule has 0 atom stereocenters. The van der Waals surface area contributed by atoms with E-state index in [2.05, 4.69) is 15.3 Å². The maximum absolute atomic E-state index is 11.5. The van der Waals surface area contributed by atoms with E-state index < -0.39 is 11.9 Å². The number of pyridine rings is 2. The maximum atomic E-state index is 11.5. The summed E-state index contributed by atoms with van der Waals surface area (Å²) in [4.78, 5) is 30.7. The van der Waals surface area contributed by atoms with E-state index in [1.54, 1.807) is 42.9 Å². The third-order valence-corrected chi connectivity index (χ3v) is 2.20. The quantitative estimate of drug-likeness (QED) is 0.834. The van der Waals surface area contributed by atoms with Gasteiger partial charge in [-0.2, -0.15) is 0 Å². The number of hydrogen-bond donors (Lipinski definition) is 1. The van der Waals surface area contributed by atoms with Crippen molar-refractivity contribution in [3.63, 3.8) is 0 Å². The summed E-state index contributed by atoms with van der Waals surface area (Å²) in [5.74, 6) is -0.999. The molecule has 6 heteroatoms. The highest BCUT2D eigenvalue weighted by Crippen LogP contribution is 2.03. The topological polar surface area (TPSA) is 81.2 Å². The van der Waals surface area contributed by atoms with Crippen molar-refractivity contribution >= 4 is 17.6 Å². The smallest absolute Gasteiger partial charge is 0.340 e. The zero-order valence-corrected chi connectivity index (χ0v) is 9.95. The molecule has 0 aliphatic rings. The summed E-state index contributed by atoms with van der Waals surface area (Å²) < 4.78 is 4.86. The summed E-state index contributed by atoms with van der Waals surface area (Å²) in [6, 6.07) is 6.46. The van der Waals surface area contributed by atoms with Crippen molar-refractivity contribution in [1.29, 1.82) is 0 Å². The molecule has 0 fully saturated rings. The van der Waals surface area contributed by atoms with Gasteiger partial charge in [-0.1, -0.05) is 0 Å². The van der Waals surface area contributed by atoms with Crippen molar-refractivity contribution in [3.05, 3.63) is 54.6 Å². The van der Waals surface area contributed by atoms with Gasteiger partial charge >= 0.3 is 5.97 Å². The van der Waals surface area contributed by atoms with E-state index in [4.69, 9.17) is 4.74 Å². The van der Waals surface area contributed by atoms with Crippen molar-refractivity contribution in [2.45, 2.75) is 0 Å². The lowest BCUT2D eigenvalue weighted by Crippen LogP contribution is -2.20. The van der Waals surface area contributed by atoms with Crippen LogP contribution in [0.4, 0.5) is 5.69 Å².